The van der Waals surface area contributed by atoms with Crippen molar-refractivity contribution < 1.29 is 17.9 Å². The van der Waals surface area contributed by atoms with E-state index in [4.69, 9.17) is 4.74 Å². The Morgan fingerprint density at radius 1 is 1.40 bits per heavy atom. The van der Waals surface area contributed by atoms with Crippen LogP contribution in [-0.4, -0.2) is 33.2 Å². The topological polar surface area (TPSA) is 75.7 Å². The maximum atomic E-state index is 12.7. The maximum Gasteiger partial charge on any atom is 0.236 e. The van der Waals surface area contributed by atoms with Crippen LogP contribution in [0.4, 0.5) is 11.4 Å². The van der Waals surface area contributed by atoms with Crippen molar-refractivity contribution in [2.45, 2.75) is 33.6 Å². The molecule has 1 aliphatic heterocycles. The largest absolute Gasteiger partial charge is 0.490 e. The number of nitrogens with zero attached hydrogens (tertiary/aromatic N) is 1. The van der Waals surface area contributed by atoms with Crippen LogP contribution in [0.5, 0.6) is 5.75 Å². The fourth-order valence-electron chi connectivity index (χ4n) is 2.59. The minimum Gasteiger partial charge on any atom is -0.490 e. The summed E-state index contributed by atoms with van der Waals surface area (Å²) in [6.07, 6.45) is 3.07. The summed E-state index contributed by atoms with van der Waals surface area (Å²) < 4.78 is 32.6. The van der Waals surface area contributed by atoms with Gasteiger partial charge < -0.3 is 9.64 Å². The van der Waals surface area contributed by atoms with E-state index in [0.29, 0.717) is 30.1 Å². The first-order chi connectivity index (χ1) is 11.7. The molecule has 25 heavy (non-hydrogen) atoms. The Bertz CT molecular complexity index is 756. The first-order valence-corrected chi connectivity index (χ1v) is 10.1. The molecule has 0 bridgehead atoms. The lowest BCUT2D eigenvalue weighted by Crippen LogP contribution is -2.42. The summed E-state index contributed by atoms with van der Waals surface area (Å²) in [4.78, 5) is 14.4. The molecule has 0 unspecified atom stereocenters. The first-order valence-electron chi connectivity index (χ1n) is 8.40. The van der Waals surface area contributed by atoms with Crippen molar-refractivity contribution in [3.8, 4) is 5.75 Å². The van der Waals surface area contributed by atoms with E-state index in [1.54, 1.807) is 29.2 Å². The van der Waals surface area contributed by atoms with Crippen molar-refractivity contribution in [3.63, 3.8) is 0 Å². The lowest BCUT2D eigenvalue weighted by molar-refractivity contribution is -0.127. The van der Waals surface area contributed by atoms with Gasteiger partial charge in [0.05, 0.1) is 22.5 Å². The minimum atomic E-state index is -3.39. The Labute approximate surface area is 149 Å². The molecule has 0 radical (unpaired) electrons. The molecule has 0 saturated heterocycles. The van der Waals surface area contributed by atoms with E-state index < -0.39 is 15.4 Å². The predicted octanol–water partition coefficient (Wildman–Crippen LogP) is 3.17. The van der Waals surface area contributed by atoms with Gasteiger partial charge >= 0.3 is 0 Å². The zero-order valence-corrected chi connectivity index (χ0v) is 15.9. The van der Waals surface area contributed by atoms with Gasteiger partial charge in [0.1, 0.15) is 12.4 Å². The van der Waals surface area contributed by atoms with Gasteiger partial charge in [-0.1, -0.05) is 19.4 Å². The number of hydrogen-bond donors (Lipinski definition) is 1. The van der Waals surface area contributed by atoms with Gasteiger partial charge in [-0.3, -0.25) is 9.52 Å². The molecule has 1 aromatic carbocycles. The zero-order chi connectivity index (χ0) is 18.7. The fourth-order valence-corrected chi connectivity index (χ4v) is 3.84. The molecule has 1 aliphatic rings. The van der Waals surface area contributed by atoms with Crippen molar-refractivity contribution in [1.82, 2.24) is 0 Å². The second kappa shape index (κ2) is 7.47. The third-order valence-corrected chi connectivity index (χ3v) is 5.39. The number of ether oxygens (including phenoxy) is 1. The summed E-state index contributed by atoms with van der Waals surface area (Å²) >= 11 is 0. The van der Waals surface area contributed by atoms with Crippen LogP contribution in [0, 0.1) is 5.41 Å². The van der Waals surface area contributed by atoms with Gasteiger partial charge in [0.25, 0.3) is 0 Å². The van der Waals surface area contributed by atoms with E-state index in [-0.39, 0.29) is 18.3 Å². The smallest absolute Gasteiger partial charge is 0.236 e. The number of carbonyl (C=O) groups is 1. The molecule has 6 nitrogen and oxygen atoms in total. The van der Waals surface area contributed by atoms with Gasteiger partial charge in [-0.15, -0.1) is 6.58 Å². The highest BCUT2D eigenvalue weighted by Gasteiger charge is 2.37. The molecule has 1 N–H and O–H groups in total. The lowest BCUT2D eigenvalue weighted by atomic mass is 9.93. The SMILES string of the molecule is C=CCN1C(=O)C(C)(C)COc2cc(NS(=O)(=O)CCCC)ccc21. The van der Waals surface area contributed by atoms with Crippen LogP contribution in [0.25, 0.3) is 0 Å². The number of carbonyl (C=O) groups excluding carboxylic acids is 1. The van der Waals surface area contributed by atoms with Crippen LogP contribution in [0.2, 0.25) is 0 Å². The first kappa shape index (κ1) is 19.3. The molecule has 0 saturated carbocycles. The highest BCUT2D eigenvalue weighted by molar-refractivity contribution is 7.92. The van der Waals surface area contributed by atoms with Crippen LogP contribution < -0.4 is 14.4 Å². The second-order valence-electron chi connectivity index (χ2n) is 6.83. The highest BCUT2D eigenvalue weighted by atomic mass is 32.2. The second-order valence-corrected chi connectivity index (χ2v) is 8.68. The van der Waals surface area contributed by atoms with E-state index in [0.717, 1.165) is 6.42 Å². The van der Waals surface area contributed by atoms with E-state index in [9.17, 15) is 13.2 Å². The fraction of sp³-hybridized carbons (Fsp3) is 0.500. The number of rotatable bonds is 7. The highest BCUT2D eigenvalue weighted by Crippen LogP contribution is 2.38. The molecule has 1 aromatic rings. The van der Waals surface area contributed by atoms with Crippen LogP contribution in [-0.2, 0) is 14.8 Å². The Hall–Kier alpha value is -2.02. The van der Waals surface area contributed by atoms with E-state index in [1.165, 1.54) is 0 Å². The van der Waals surface area contributed by atoms with E-state index in [2.05, 4.69) is 11.3 Å². The number of hydrogen-bond acceptors (Lipinski definition) is 4. The van der Waals surface area contributed by atoms with Crippen molar-refractivity contribution in [1.29, 1.82) is 0 Å². The number of anilines is 2. The Morgan fingerprint density at radius 2 is 2.12 bits per heavy atom. The Balaban J connectivity index is 2.34. The molecule has 0 fully saturated rings. The van der Waals surface area contributed by atoms with E-state index >= 15 is 0 Å². The summed E-state index contributed by atoms with van der Waals surface area (Å²) in [7, 11) is -3.39. The van der Waals surface area contributed by atoms with Crippen molar-refractivity contribution in [3.05, 3.63) is 30.9 Å². The third kappa shape index (κ3) is 4.54. The molecular formula is C18H26N2O4S. The maximum absolute atomic E-state index is 12.7. The molecular weight excluding hydrogens is 340 g/mol. The van der Waals surface area contributed by atoms with Crippen LogP contribution >= 0.6 is 0 Å². The molecule has 7 heteroatoms. The molecule has 138 valence electrons. The number of sulfonamides is 1. The lowest BCUT2D eigenvalue weighted by Gasteiger charge is -2.27. The van der Waals surface area contributed by atoms with Gasteiger partial charge in [0.15, 0.2) is 0 Å². The zero-order valence-electron chi connectivity index (χ0n) is 15.0. The van der Waals surface area contributed by atoms with Gasteiger partial charge in [0.2, 0.25) is 15.9 Å². The third-order valence-electron chi connectivity index (χ3n) is 4.01. The van der Waals surface area contributed by atoms with Gasteiger partial charge in [-0.25, -0.2) is 8.42 Å². The number of benzene rings is 1. The number of nitrogens with one attached hydrogen (secondary N) is 1. The Morgan fingerprint density at radius 3 is 2.76 bits per heavy atom. The van der Waals surface area contributed by atoms with Gasteiger partial charge in [-0.05, 0) is 32.4 Å². The Kier molecular flexibility index (Phi) is 5.77. The molecule has 0 atom stereocenters. The van der Waals surface area contributed by atoms with E-state index in [1.807, 2.05) is 20.8 Å². The molecule has 0 aromatic heterocycles. The van der Waals surface area contributed by atoms with Crippen LogP contribution in [0.15, 0.2) is 30.9 Å². The van der Waals surface area contributed by atoms with Crippen molar-refractivity contribution >= 4 is 27.3 Å². The summed E-state index contributed by atoms with van der Waals surface area (Å²) in [6, 6.07) is 4.98. The summed E-state index contributed by atoms with van der Waals surface area (Å²) in [6.45, 7) is 9.88. The number of amides is 1. The van der Waals surface area contributed by atoms with Crippen molar-refractivity contribution in [2.75, 3.05) is 28.5 Å². The van der Waals surface area contributed by atoms with Gasteiger partial charge in [-0.2, -0.15) is 0 Å². The van der Waals surface area contributed by atoms with Crippen LogP contribution in [0.3, 0.4) is 0 Å². The molecule has 0 spiro atoms. The predicted molar refractivity (Wildman–Crippen MR) is 101 cm³/mol. The number of unbranched alkanes of at least 4 members (excludes halogenated alkanes) is 1. The number of fused-ring (bicyclic) bond motifs is 1. The average Bonchev–Trinajstić information content (AvgIpc) is 2.63. The molecule has 0 aliphatic carbocycles. The summed E-state index contributed by atoms with van der Waals surface area (Å²) in [5.41, 5.74) is 0.371. The van der Waals surface area contributed by atoms with Crippen molar-refractivity contribution in [2.24, 2.45) is 5.41 Å². The summed E-state index contributed by atoms with van der Waals surface area (Å²) in [5.74, 6) is 0.508. The molecule has 1 amide bonds. The molecule has 2 rings (SSSR count). The quantitative estimate of drug-likeness (QED) is 0.752. The minimum absolute atomic E-state index is 0.0533. The molecule has 1 heterocycles. The monoisotopic (exact) mass is 366 g/mol. The standard InChI is InChI=1S/C18H26N2O4S/c1-5-7-11-25(22,23)19-14-8-9-15-16(12-14)24-13-18(3,4)17(21)20(15)10-6-2/h6,8-9,12,19H,2,5,7,10-11,13H2,1,3-4H3. The normalized spacial score (nSPS) is 16.6. The summed E-state index contributed by atoms with van der Waals surface area (Å²) in [5, 5.41) is 0. The van der Waals surface area contributed by atoms with Gasteiger partial charge in [0, 0.05) is 12.6 Å². The average molecular weight is 366 g/mol. The van der Waals surface area contributed by atoms with Crippen LogP contribution in [0.1, 0.15) is 33.6 Å².